The zero-order valence-corrected chi connectivity index (χ0v) is 6.65. The summed E-state index contributed by atoms with van der Waals surface area (Å²) in [5, 5.41) is 33.3. The molecule has 0 radical (unpaired) electrons. The fourth-order valence-corrected chi connectivity index (χ4v) is 0.527. The summed E-state index contributed by atoms with van der Waals surface area (Å²) in [6.45, 7) is 0. The number of nitrogens with zero attached hydrogens (tertiary/aromatic N) is 4. The van der Waals surface area contributed by atoms with Crippen LogP contribution < -0.4 is 0 Å². The molecule has 0 aromatic rings. The first-order valence-electron chi connectivity index (χ1n) is 3.29. The van der Waals surface area contributed by atoms with Gasteiger partial charge in [-0.2, -0.15) is 21.0 Å². The molecular formula is C9H4N4. The standard InChI is InChI=1S/C9H4N4/c10-4-8(5-11)2-1-3-9(6-12)7-13/h2-3H,1H2. The first kappa shape index (κ1) is 10.4. The highest BCUT2D eigenvalue weighted by Crippen LogP contribution is 1.97. The molecule has 0 aliphatic heterocycles. The van der Waals surface area contributed by atoms with E-state index in [0.717, 1.165) is 0 Å². The predicted octanol–water partition coefficient (Wildman–Crippen LogP) is 1.32. The van der Waals surface area contributed by atoms with Gasteiger partial charge in [0.25, 0.3) is 0 Å². The van der Waals surface area contributed by atoms with Gasteiger partial charge in [0.2, 0.25) is 0 Å². The summed E-state index contributed by atoms with van der Waals surface area (Å²) in [7, 11) is 0. The zero-order chi connectivity index (χ0) is 10.1. The van der Waals surface area contributed by atoms with Crippen molar-refractivity contribution in [2.24, 2.45) is 0 Å². The molecule has 60 valence electrons. The van der Waals surface area contributed by atoms with E-state index < -0.39 is 0 Å². The minimum Gasteiger partial charge on any atom is -0.192 e. The lowest BCUT2D eigenvalue weighted by atomic mass is 10.2. The molecule has 0 saturated heterocycles. The third-order valence-electron chi connectivity index (χ3n) is 1.13. The van der Waals surface area contributed by atoms with E-state index in [-0.39, 0.29) is 17.6 Å². The van der Waals surface area contributed by atoms with Crippen LogP contribution in [0.3, 0.4) is 0 Å². The van der Waals surface area contributed by atoms with Crippen molar-refractivity contribution in [3.8, 4) is 24.3 Å². The molecule has 0 spiro atoms. The highest BCUT2D eigenvalue weighted by Gasteiger charge is 1.91. The van der Waals surface area contributed by atoms with Crippen molar-refractivity contribution in [3.05, 3.63) is 23.3 Å². The van der Waals surface area contributed by atoms with Crippen molar-refractivity contribution in [2.45, 2.75) is 6.42 Å². The van der Waals surface area contributed by atoms with E-state index in [1.54, 1.807) is 24.3 Å². The van der Waals surface area contributed by atoms with Crippen LogP contribution in [0.25, 0.3) is 0 Å². The van der Waals surface area contributed by atoms with Crippen LogP contribution in [-0.4, -0.2) is 0 Å². The van der Waals surface area contributed by atoms with Crippen LogP contribution in [-0.2, 0) is 0 Å². The molecule has 0 aliphatic carbocycles. The Morgan fingerprint density at radius 1 is 0.769 bits per heavy atom. The Balaban J connectivity index is 4.41. The molecule has 0 saturated carbocycles. The lowest BCUT2D eigenvalue weighted by Crippen LogP contribution is -1.74. The molecule has 0 bridgehead atoms. The predicted molar refractivity (Wildman–Crippen MR) is 43.2 cm³/mol. The lowest BCUT2D eigenvalue weighted by Gasteiger charge is -1.81. The van der Waals surface area contributed by atoms with Crippen LogP contribution in [0.1, 0.15) is 6.42 Å². The molecule has 0 aliphatic rings. The average molecular weight is 168 g/mol. The topological polar surface area (TPSA) is 95.2 Å². The molecule has 0 rings (SSSR count). The van der Waals surface area contributed by atoms with Gasteiger partial charge in [0, 0.05) is 0 Å². The second-order valence-electron chi connectivity index (χ2n) is 1.92. The fourth-order valence-electron chi connectivity index (χ4n) is 0.527. The second kappa shape index (κ2) is 6.17. The molecule has 0 unspecified atom stereocenters. The molecule has 0 N–H and O–H groups in total. The van der Waals surface area contributed by atoms with Gasteiger partial charge >= 0.3 is 0 Å². The van der Waals surface area contributed by atoms with Gasteiger partial charge < -0.3 is 0 Å². The summed E-state index contributed by atoms with van der Waals surface area (Å²) in [4.78, 5) is 0. The van der Waals surface area contributed by atoms with Gasteiger partial charge in [0.1, 0.15) is 35.4 Å². The zero-order valence-electron chi connectivity index (χ0n) is 6.65. The van der Waals surface area contributed by atoms with Crippen molar-refractivity contribution in [1.82, 2.24) is 0 Å². The van der Waals surface area contributed by atoms with Gasteiger partial charge in [-0.25, -0.2) is 0 Å². The SMILES string of the molecule is N#CC(C#N)=CCC=C(C#N)C#N. The molecular weight excluding hydrogens is 164 g/mol. The molecule has 0 atom stereocenters. The van der Waals surface area contributed by atoms with Gasteiger partial charge in [0.05, 0.1) is 0 Å². The molecule has 13 heavy (non-hydrogen) atoms. The van der Waals surface area contributed by atoms with Crippen molar-refractivity contribution >= 4 is 0 Å². The van der Waals surface area contributed by atoms with Crippen molar-refractivity contribution < 1.29 is 0 Å². The van der Waals surface area contributed by atoms with E-state index in [0.29, 0.717) is 0 Å². The number of hydrogen-bond donors (Lipinski definition) is 0. The van der Waals surface area contributed by atoms with E-state index in [4.69, 9.17) is 21.0 Å². The summed E-state index contributed by atoms with van der Waals surface area (Å²) in [6.07, 6.45) is 2.95. The Morgan fingerprint density at radius 2 is 1.08 bits per heavy atom. The number of allylic oxidation sites excluding steroid dienone is 4. The van der Waals surface area contributed by atoms with Gasteiger partial charge in [-0.3, -0.25) is 0 Å². The van der Waals surface area contributed by atoms with E-state index in [1.165, 1.54) is 12.2 Å². The summed E-state index contributed by atoms with van der Waals surface area (Å²) in [5.41, 5.74) is -0.0436. The third kappa shape index (κ3) is 3.99. The maximum Gasteiger partial charge on any atom is 0.126 e. The molecule has 0 amide bonds. The quantitative estimate of drug-likeness (QED) is 0.581. The molecule has 4 nitrogen and oxygen atoms in total. The van der Waals surface area contributed by atoms with Crippen LogP contribution in [0.15, 0.2) is 23.3 Å². The number of hydrogen-bond acceptors (Lipinski definition) is 4. The largest absolute Gasteiger partial charge is 0.192 e. The smallest absolute Gasteiger partial charge is 0.126 e. The van der Waals surface area contributed by atoms with Crippen molar-refractivity contribution in [1.29, 1.82) is 21.0 Å². The van der Waals surface area contributed by atoms with E-state index in [9.17, 15) is 0 Å². The Morgan fingerprint density at radius 3 is 1.31 bits per heavy atom. The van der Waals surface area contributed by atoms with E-state index >= 15 is 0 Å². The summed E-state index contributed by atoms with van der Waals surface area (Å²) >= 11 is 0. The maximum absolute atomic E-state index is 8.31. The van der Waals surface area contributed by atoms with E-state index in [2.05, 4.69) is 0 Å². The van der Waals surface area contributed by atoms with Crippen molar-refractivity contribution in [3.63, 3.8) is 0 Å². The summed E-state index contributed by atoms with van der Waals surface area (Å²) < 4.78 is 0. The minimum absolute atomic E-state index is 0.0218. The first-order valence-corrected chi connectivity index (χ1v) is 3.29. The van der Waals surface area contributed by atoms with Crippen LogP contribution in [0.4, 0.5) is 0 Å². The Hall–Kier alpha value is -2.56. The molecule has 0 aromatic carbocycles. The van der Waals surface area contributed by atoms with Gasteiger partial charge in [0.15, 0.2) is 0 Å². The minimum atomic E-state index is -0.0218. The molecule has 4 heteroatoms. The molecule has 0 fully saturated rings. The highest BCUT2D eigenvalue weighted by atomic mass is 14.3. The first-order chi connectivity index (χ1) is 6.28. The van der Waals surface area contributed by atoms with E-state index in [1.807, 2.05) is 0 Å². The second-order valence-corrected chi connectivity index (χ2v) is 1.92. The summed E-state index contributed by atoms with van der Waals surface area (Å²) in [5.74, 6) is 0. The van der Waals surface area contributed by atoms with Crippen LogP contribution in [0.2, 0.25) is 0 Å². The van der Waals surface area contributed by atoms with Crippen LogP contribution in [0, 0.1) is 45.3 Å². The summed E-state index contributed by atoms with van der Waals surface area (Å²) in [6, 6.07) is 6.67. The fraction of sp³-hybridized carbons (Fsp3) is 0.111. The monoisotopic (exact) mass is 168 g/mol. The normalized spacial score (nSPS) is 6.46. The van der Waals surface area contributed by atoms with Gasteiger partial charge in [-0.05, 0) is 6.42 Å². The molecule has 0 heterocycles. The number of rotatable bonds is 2. The number of nitriles is 4. The Kier molecular flexibility index (Phi) is 4.95. The average Bonchev–Trinajstić information content (AvgIpc) is 2.19. The molecule has 0 aromatic heterocycles. The third-order valence-corrected chi connectivity index (χ3v) is 1.13. The Labute approximate surface area is 75.8 Å². The Bertz CT molecular complexity index is 329. The highest BCUT2D eigenvalue weighted by molar-refractivity contribution is 5.38. The van der Waals surface area contributed by atoms with Gasteiger partial charge in [-0.1, -0.05) is 12.2 Å². The van der Waals surface area contributed by atoms with Gasteiger partial charge in [-0.15, -0.1) is 0 Å². The van der Waals surface area contributed by atoms with Crippen LogP contribution in [0.5, 0.6) is 0 Å². The lowest BCUT2D eigenvalue weighted by molar-refractivity contribution is 1.33. The van der Waals surface area contributed by atoms with Crippen LogP contribution >= 0.6 is 0 Å². The van der Waals surface area contributed by atoms with Crippen molar-refractivity contribution in [2.75, 3.05) is 0 Å². The maximum atomic E-state index is 8.31.